The third-order valence-electron chi connectivity index (χ3n) is 4.73. The number of ether oxygens (including phenoxy) is 2. The van der Waals surface area contributed by atoms with Gasteiger partial charge in [0.05, 0.1) is 11.3 Å². The second-order valence-corrected chi connectivity index (χ2v) is 7.96. The first-order valence-corrected chi connectivity index (χ1v) is 10.5. The van der Waals surface area contributed by atoms with Crippen molar-refractivity contribution in [1.29, 1.82) is 0 Å². The SMILES string of the molecule is COCCCn1c(C)cc(C(=O)COC(=O)c2ccc(NC(=O)c3ccco3)s2)c1C. The van der Waals surface area contributed by atoms with Gasteiger partial charge in [-0.2, -0.15) is 0 Å². The summed E-state index contributed by atoms with van der Waals surface area (Å²) in [5, 5.41) is 3.12. The molecular weight excluding hydrogens is 420 g/mol. The van der Waals surface area contributed by atoms with Crippen LogP contribution in [0.2, 0.25) is 0 Å². The van der Waals surface area contributed by atoms with Crippen molar-refractivity contribution in [3.63, 3.8) is 0 Å². The molecule has 0 radical (unpaired) electrons. The minimum absolute atomic E-state index is 0.169. The standard InChI is InChI=1S/C22H24N2O6S/c1-14-12-16(15(2)24(14)9-5-10-28-3)17(25)13-30-22(27)19-7-8-20(31-19)23-21(26)18-6-4-11-29-18/h4,6-8,11-12H,5,9-10,13H2,1-3H3,(H,23,26). The molecule has 1 amide bonds. The number of esters is 1. The highest BCUT2D eigenvalue weighted by molar-refractivity contribution is 7.18. The van der Waals surface area contributed by atoms with Gasteiger partial charge in [-0.3, -0.25) is 9.59 Å². The number of hydrogen-bond donors (Lipinski definition) is 1. The maximum absolute atomic E-state index is 12.6. The highest BCUT2D eigenvalue weighted by Crippen LogP contribution is 2.24. The summed E-state index contributed by atoms with van der Waals surface area (Å²) in [5.74, 6) is -1.13. The lowest BCUT2D eigenvalue weighted by molar-refractivity contribution is 0.0479. The summed E-state index contributed by atoms with van der Waals surface area (Å²) >= 11 is 1.06. The van der Waals surface area contributed by atoms with E-state index in [9.17, 15) is 14.4 Å². The summed E-state index contributed by atoms with van der Waals surface area (Å²) in [4.78, 5) is 37.2. The molecule has 0 fully saturated rings. The lowest BCUT2D eigenvalue weighted by atomic mass is 10.1. The smallest absolute Gasteiger partial charge is 0.348 e. The van der Waals surface area contributed by atoms with Gasteiger partial charge in [0.1, 0.15) is 4.88 Å². The minimum atomic E-state index is -0.620. The molecule has 31 heavy (non-hydrogen) atoms. The summed E-state index contributed by atoms with van der Waals surface area (Å²) in [6.07, 6.45) is 2.24. The van der Waals surface area contributed by atoms with E-state index in [1.807, 2.05) is 19.9 Å². The van der Waals surface area contributed by atoms with Crippen molar-refractivity contribution in [1.82, 2.24) is 4.57 Å². The Morgan fingerprint density at radius 3 is 2.71 bits per heavy atom. The Hall–Kier alpha value is -3.17. The number of aryl methyl sites for hydroxylation is 1. The maximum Gasteiger partial charge on any atom is 0.348 e. The second kappa shape index (κ2) is 10.2. The van der Waals surface area contributed by atoms with Gasteiger partial charge in [-0.25, -0.2) is 4.79 Å². The molecule has 3 aromatic heterocycles. The van der Waals surface area contributed by atoms with E-state index >= 15 is 0 Å². The minimum Gasteiger partial charge on any atom is -0.459 e. The number of anilines is 1. The molecule has 0 aromatic carbocycles. The van der Waals surface area contributed by atoms with Crippen LogP contribution in [0.3, 0.4) is 0 Å². The third-order valence-corrected chi connectivity index (χ3v) is 5.71. The number of amides is 1. The molecule has 164 valence electrons. The van der Waals surface area contributed by atoms with Crippen LogP contribution in [-0.4, -0.2) is 42.6 Å². The fourth-order valence-corrected chi connectivity index (χ4v) is 3.97. The number of methoxy groups -OCH3 is 1. The van der Waals surface area contributed by atoms with Gasteiger partial charge in [0.25, 0.3) is 5.91 Å². The molecule has 0 bridgehead atoms. The molecule has 8 nitrogen and oxygen atoms in total. The second-order valence-electron chi connectivity index (χ2n) is 6.88. The summed E-state index contributed by atoms with van der Waals surface area (Å²) in [7, 11) is 1.66. The van der Waals surface area contributed by atoms with Gasteiger partial charge >= 0.3 is 5.97 Å². The van der Waals surface area contributed by atoms with Gasteiger partial charge in [0, 0.05) is 37.2 Å². The molecule has 0 spiro atoms. The van der Waals surface area contributed by atoms with E-state index in [2.05, 4.69) is 9.88 Å². The van der Waals surface area contributed by atoms with Crippen molar-refractivity contribution in [2.24, 2.45) is 0 Å². The van der Waals surface area contributed by atoms with Crippen molar-refractivity contribution < 1.29 is 28.3 Å². The molecule has 3 rings (SSSR count). The van der Waals surface area contributed by atoms with Crippen LogP contribution in [0.5, 0.6) is 0 Å². The van der Waals surface area contributed by atoms with E-state index in [1.54, 1.807) is 19.2 Å². The van der Waals surface area contributed by atoms with Crippen molar-refractivity contribution in [2.75, 3.05) is 25.6 Å². The van der Waals surface area contributed by atoms with E-state index in [0.29, 0.717) is 17.2 Å². The van der Waals surface area contributed by atoms with E-state index in [4.69, 9.17) is 13.9 Å². The fourth-order valence-electron chi connectivity index (χ4n) is 3.17. The highest BCUT2D eigenvalue weighted by atomic mass is 32.1. The third kappa shape index (κ3) is 5.50. The molecule has 1 N–H and O–H groups in total. The van der Waals surface area contributed by atoms with E-state index in [1.165, 1.54) is 18.4 Å². The van der Waals surface area contributed by atoms with Crippen LogP contribution in [-0.2, 0) is 16.0 Å². The molecule has 9 heteroatoms. The zero-order valence-electron chi connectivity index (χ0n) is 17.6. The molecule has 3 aromatic rings. The first-order valence-electron chi connectivity index (χ1n) is 9.71. The normalized spacial score (nSPS) is 10.8. The highest BCUT2D eigenvalue weighted by Gasteiger charge is 2.19. The Labute approximate surface area is 183 Å². The summed E-state index contributed by atoms with van der Waals surface area (Å²) in [6, 6.07) is 8.10. The molecule has 0 aliphatic rings. The number of Topliss-reactive ketones (excluding diaryl/α,β-unsaturated/α-hetero) is 1. The van der Waals surface area contributed by atoms with Gasteiger partial charge in [0.2, 0.25) is 5.78 Å². The number of nitrogens with zero attached hydrogens (tertiary/aromatic N) is 1. The van der Waals surface area contributed by atoms with Gasteiger partial charge in [-0.05, 0) is 50.6 Å². The molecule has 0 aliphatic heterocycles. The number of carbonyl (C=O) groups excluding carboxylic acids is 3. The predicted octanol–water partition coefficient (Wildman–Crippen LogP) is 4.09. The van der Waals surface area contributed by atoms with E-state index in [0.717, 1.165) is 35.7 Å². The monoisotopic (exact) mass is 444 g/mol. The quantitative estimate of drug-likeness (QED) is 0.287. The summed E-state index contributed by atoms with van der Waals surface area (Å²) < 4.78 is 17.4. The number of thiophene rings is 1. The Kier molecular flexibility index (Phi) is 7.43. The number of hydrogen-bond acceptors (Lipinski definition) is 7. The average molecular weight is 445 g/mol. The number of aromatic nitrogens is 1. The zero-order chi connectivity index (χ0) is 22.4. The van der Waals surface area contributed by atoms with Crippen LogP contribution in [0, 0.1) is 13.8 Å². The first-order chi connectivity index (χ1) is 14.9. The Bertz CT molecular complexity index is 1060. The molecule has 0 unspecified atom stereocenters. The van der Waals surface area contributed by atoms with Gasteiger partial charge < -0.3 is 23.8 Å². The zero-order valence-corrected chi connectivity index (χ0v) is 18.4. The average Bonchev–Trinajstić information content (AvgIpc) is 3.49. The number of carbonyl (C=O) groups is 3. The van der Waals surface area contributed by atoms with Crippen LogP contribution in [0.1, 0.15) is 48.4 Å². The van der Waals surface area contributed by atoms with Crippen LogP contribution in [0.25, 0.3) is 0 Å². The molecule has 0 aliphatic carbocycles. The Balaban J connectivity index is 1.56. The number of furan rings is 1. The van der Waals surface area contributed by atoms with E-state index < -0.39 is 11.9 Å². The van der Waals surface area contributed by atoms with Crippen LogP contribution in [0.4, 0.5) is 5.00 Å². The van der Waals surface area contributed by atoms with Gasteiger partial charge in [0.15, 0.2) is 12.4 Å². The number of nitrogens with one attached hydrogen (secondary N) is 1. The lowest BCUT2D eigenvalue weighted by Gasteiger charge is -2.09. The molecule has 3 heterocycles. The van der Waals surface area contributed by atoms with Gasteiger partial charge in [-0.15, -0.1) is 11.3 Å². The van der Waals surface area contributed by atoms with Crippen molar-refractivity contribution in [3.05, 3.63) is 64.2 Å². The van der Waals surface area contributed by atoms with Crippen molar-refractivity contribution in [2.45, 2.75) is 26.8 Å². The summed E-state index contributed by atoms with van der Waals surface area (Å²) in [6.45, 7) is 4.85. The van der Waals surface area contributed by atoms with Crippen molar-refractivity contribution in [3.8, 4) is 0 Å². The van der Waals surface area contributed by atoms with Crippen molar-refractivity contribution >= 4 is 34.0 Å². The predicted molar refractivity (Wildman–Crippen MR) is 116 cm³/mol. The van der Waals surface area contributed by atoms with Crippen LogP contribution < -0.4 is 5.32 Å². The maximum atomic E-state index is 12.6. The largest absolute Gasteiger partial charge is 0.459 e. The number of rotatable bonds is 10. The van der Waals surface area contributed by atoms with Crippen LogP contribution in [0.15, 0.2) is 41.0 Å². The molecular formula is C22H24N2O6S. The van der Waals surface area contributed by atoms with Crippen LogP contribution >= 0.6 is 11.3 Å². The summed E-state index contributed by atoms with van der Waals surface area (Å²) in [5.41, 5.74) is 2.35. The van der Waals surface area contributed by atoms with Gasteiger partial charge in [-0.1, -0.05) is 0 Å². The molecule has 0 saturated carbocycles. The fraction of sp³-hybridized carbons (Fsp3) is 0.318. The first kappa shape index (κ1) is 22.5. The Morgan fingerprint density at radius 1 is 1.19 bits per heavy atom. The Morgan fingerprint density at radius 2 is 2.00 bits per heavy atom. The molecule has 0 saturated heterocycles. The molecule has 0 atom stereocenters. The number of ketones is 1. The topological polar surface area (TPSA) is 99.8 Å². The lowest BCUT2D eigenvalue weighted by Crippen LogP contribution is -2.14. The van der Waals surface area contributed by atoms with E-state index in [-0.39, 0.29) is 23.0 Å².